The third-order valence-corrected chi connectivity index (χ3v) is 2.75. The van der Waals surface area contributed by atoms with Gasteiger partial charge in [-0.25, -0.2) is 0 Å². The van der Waals surface area contributed by atoms with Crippen LogP contribution >= 0.6 is 0 Å². The molecule has 114 valence electrons. The molecule has 0 aliphatic carbocycles. The van der Waals surface area contributed by atoms with E-state index in [2.05, 4.69) is 0 Å². The highest BCUT2D eigenvalue weighted by molar-refractivity contribution is 5.41. The van der Waals surface area contributed by atoms with E-state index in [1.54, 1.807) is 32.2 Å². The van der Waals surface area contributed by atoms with Gasteiger partial charge in [-0.05, 0) is 32.9 Å². The molecule has 0 aliphatic rings. The Bertz CT molecular complexity index is 386. The summed E-state index contributed by atoms with van der Waals surface area (Å²) >= 11 is 0. The number of aliphatic hydroxyl groups excluding tert-OH is 1. The lowest BCUT2D eigenvalue weighted by molar-refractivity contribution is -0.152. The summed E-state index contributed by atoms with van der Waals surface area (Å²) in [7, 11) is 1.59. The lowest BCUT2D eigenvalue weighted by Gasteiger charge is -2.20. The molecule has 1 atom stereocenters. The minimum atomic E-state index is -0.617. The first kappa shape index (κ1) is 16.8. The summed E-state index contributed by atoms with van der Waals surface area (Å²) in [6, 6.07) is 5.32. The maximum absolute atomic E-state index is 9.76. The lowest BCUT2D eigenvalue weighted by Crippen LogP contribution is -2.25. The Morgan fingerprint density at radius 2 is 1.80 bits per heavy atom. The van der Waals surface area contributed by atoms with Crippen molar-refractivity contribution in [3.8, 4) is 11.5 Å². The molecule has 0 spiro atoms. The minimum Gasteiger partial charge on any atom is -0.497 e. The van der Waals surface area contributed by atoms with Gasteiger partial charge in [0.05, 0.1) is 13.2 Å². The Balaban J connectivity index is 2.77. The van der Waals surface area contributed by atoms with Crippen LogP contribution in [0.5, 0.6) is 11.5 Å². The van der Waals surface area contributed by atoms with Gasteiger partial charge in [-0.3, -0.25) is 0 Å². The number of methoxy groups -OCH3 is 1. The van der Waals surface area contributed by atoms with Crippen molar-refractivity contribution in [2.24, 2.45) is 0 Å². The molecule has 0 bridgehead atoms. The molecule has 0 fully saturated rings. The average molecular weight is 284 g/mol. The predicted octanol–water partition coefficient (Wildman–Crippen LogP) is 2.53. The van der Waals surface area contributed by atoms with Crippen LogP contribution < -0.4 is 9.47 Å². The van der Waals surface area contributed by atoms with E-state index in [1.807, 2.05) is 13.8 Å². The van der Waals surface area contributed by atoms with Gasteiger partial charge in [0.25, 0.3) is 0 Å². The number of rotatable bonds is 9. The van der Waals surface area contributed by atoms with E-state index in [0.717, 1.165) is 0 Å². The van der Waals surface area contributed by atoms with Crippen LogP contribution in [0.15, 0.2) is 18.2 Å². The molecule has 0 radical (unpaired) electrons. The van der Waals surface area contributed by atoms with E-state index >= 15 is 0 Å². The smallest absolute Gasteiger partial charge is 0.191 e. The van der Waals surface area contributed by atoms with E-state index < -0.39 is 12.4 Å². The predicted molar refractivity (Wildman–Crippen MR) is 76.2 cm³/mol. The SMILES string of the molecule is CCOC(COc1cc(OC)ccc1[C@H](C)O)OCC. The molecule has 5 nitrogen and oxygen atoms in total. The highest BCUT2D eigenvalue weighted by atomic mass is 16.7. The zero-order chi connectivity index (χ0) is 15.0. The molecule has 0 amide bonds. The summed E-state index contributed by atoms with van der Waals surface area (Å²) < 4.78 is 21.7. The average Bonchev–Trinajstić information content (AvgIpc) is 2.44. The fourth-order valence-corrected chi connectivity index (χ4v) is 1.79. The molecule has 1 aromatic carbocycles. The number of hydrogen-bond donors (Lipinski definition) is 1. The lowest BCUT2D eigenvalue weighted by atomic mass is 10.1. The van der Waals surface area contributed by atoms with Crippen LogP contribution in [0.4, 0.5) is 0 Å². The first-order valence-electron chi connectivity index (χ1n) is 6.84. The maximum Gasteiger partial charge on any atom is 0.191 e. The Morgan fingerprint density at radius 3 is 2.30 bits per heavy atom. The third kappa shape index (κ3) is 5.00. The standard InChI is InChI=1S/C15H24O5/c1-5-18-15(19-6-2)10-20-14-9-12(17-4)7-8-13(14)11(3)16/h7-9,11,15-16H,5-6,10H2,1-4H3/t11-/m0/s1. The molecular weight excluding hydrogens is 260 g/mol. The van der Waals surface area contributed by atoms with Crippen molar-refractivity contribution in [3.63, 3.8) is 0 Å². The number of benzene rings is 1. The van der Waals surface area contributed by atoms with Gasteiger partial charge in [-0.2, -0.15) is 0 Å². The zero-order valence-corrected chi connectivity index (χ0v) is 12.6. The van der Waals surface area contributed by atoms with E-state index in [9.17, 15) is 5.11 Å². The summed E-state index contributed by atoms with van der Waals surface area (Å²) in [6.45, 7) is 6.86. The van der Waals surface area contributed by atoms with Crippen molar-refractivity contribution in [3.05, 3.63) is 23.8 Å². The van der Waals surface area contributed by atoms with Gasteiger partial charge in [-0.1, -0.05) is 0 Å². The van der Waals surface area contributed by atoms with Crippen molar-refractivity contribution in [1.29, 1.82) is 0 Å². The molecule has 1 N–H and O–H groups in total. The van der Waals surface area contributed by atoms with E-state index in [0.29, 0.717) is 30.3 Å². The molecular formula is C15H24O5. The van der Waals surface area contributed by atoms with Gasteiger partial charge in [0, 0.05) is 24.8 Å². The minimum absolute atomic E-state index is 0.258. The topological polar surface area (TPSA) is 57.2 Å². The second-order valence-electron chi connectivity index (χ2n) is 4.23. The Labute approximate surface area is 120 Å². The highest BCUT2D eigenvalue weighted by Crippen LogP contribution is 2.29. The fourth-order valence-electron chi connectivity index (χ4n) is 1.79. The van der Waals surface area contributed by atoms with Gasteiger partial charge >= 0.3 is 0 Å². The van der Waals surface area contributed by atoms with Crippen molar-refractivity contribution >= 4 is 0 Å². The summed E-state index contributed by atoms with van der Waals surface area (Å²) in [5.74, 6) is 1.25. The summed E-state index contributed by atoms with van der Waals surface area (Å²) in [5, 5.41) is 9.76. The first-order chi connectivity index (χ1) is 9.62. The van der Waals surface area contributed by atoms with Gasteiger partial charge in [0.1, 0.15) is 18.1 Å². The molecule has 0 aromatic heterocycles. The van der Waals surface area contributed by atoms with Crippen LogP contribution in [0, 0.1) is 0 Å². The van der Waals surface area contributed by atoms with Crippen LogP contribution in [0.1, 0.15) is 32.4 Å². The van der Waals surface area contributed by atoms with Gasteiger partial charge in [0.15, 0.2) is 6.29 Å². The van der Waals surface area contributed by atoms with Crippen LogP contribution in [0.3, 0.4) is 0 Å². The number of hydrogen-bond acceptors (Lipinski definition) is 5. The van der Waals surface area contributed by atoms with Gasteiger partial charge < -0.3 is 24.1 Å². The van der Waals surface area contributed by atoms with Crippen molar-refractivity contribution in [2.45, 2.75) is 33.2 Å². The maximum atomic E-state index is 9.76. The number of ether oxygens (including phenoxy) is 4. The largest absolute Gasteiger partial charge is 0.497 e. The van der Waals surface area contributed by atoms with Crippen LogP contribution in [-0.4, -0.2) is 38.3 Å². The second kappa shape index (κ2) is 8.79. The van der Waals surface area contributed by atoms with Crippen LogP contribution in [-0.2, 0) is 9.47 Å². The monoisotopic (exact) mass is 284 g/mol. The van der Waals surface area contributed by atoms with Crippen molar-refractivity contribution in [2.75, 3.05) is 26.9 Å². The first-order valence-corrected chi connectivity index (χ1v) is 6.84. The van der Waals surface area contributed by atoms with Crippen molar-refractivity contribution < 1.29 is 24.1 Å². The van der Waals surface area contributed by atoms with Crippen molar-refractivity contribution in [1.82, 2.24) is 0 Å². The molecule has 0 saturated heterocycles. The number of aliphatic hydroxyl groups is 1. The van der Waals surface area contributed by atoms with Crippen LogP contribution in [0.25, 0.3) is 0 Å². The Hall–Kier alpha value is -1.30. The quantitative estimate of drug-likeness (QED) is 0.706. The van der Waals surface area contributed by atoms with Gasteiger partial charge in [0.2, 0.25) is 0 Å². The fraction of sp³-hybridized carbons (Fsp3) is 0.600. The van der Waals surface area contributed by atoms with E-state index in [1.165, 1.54) is 0 Å². The third-order valence-electron chi connectivity index (χ3n) is 2.75. The molecule has 1 rings (SSSR count). The normalized spacial score (nSPS) is 12.5. The summed E-state index contributed by atoms with van der Waals surface area (Å²) in [4.78, 5) is 0. The molecule has 1 aromatic rings. The summed E-state index contributed by atoms with van der Waals surface area (Å²) in [5.41, 5.74) is 0.706. The Kier molecular flexibility index (Phi) is 7.36. The summed E-state index contributed by atoms with van der Waals surface area (Å²) in [6.07, 6.45) is -1.04. The molecule has 0 aliphatic heterocycles. The highest BCUT2D eigenvalue weighted by Gasteiger charge is 2.14. The van der Waals surface area contributed by atoms with E-state index in [-0.39, 0.29) is 6.61 Å². The van der Waals surface area contributed by atoms with Gasteiger partial charge in [-0.15, -0.1) is 0 Å². The van der Waals surface area contributed by atoms with Crippen LogP contribution in [0.2, 0.25) is 0 Å². The zero-order valence-electron chi connectivity index (χ0n) is 12.6. The molecule has 20 heavy (non-hydrogen) atoms. The molecule has 5 heteroatoms. The molecule has 0 unspecified atom stereocenters. The second-order valence-corrected chi connectivity index (χ2v) is 4.23. The molecule has 0 heterocycles. The molecule has 0 saturated carbocycles. The Morgan fingerprint density at radius 1 is 1.15 bits per heavy atom. The van der Waals surface area contributed by atoms with E-state index in [4.69, 9.17) is 18.9 Å².